The fraction of sp³-hybridized carbons (Fsp3) is 0.529. The quantitative estimate of drug-likeness (QED) is 0.384. The highest BCUT2D eigenvalue weighted by atomic mass is 16.5. The van der Waals surface area contributed by atoms with Gasteiger partial charge in [-0.05, 0) is 36.8 Å². The lowest BCUT2D eigenvalue weighted by Crippen LogP contribution is -2.43. The zero-order valence-corrected chi connectivity index (χ0v) is 27.3. The molecule has 4 aliphatic rings. The molecule has 2 aromatic rings. The molecule has 46 heavy (non-hydrogen) atoms. The molecule has 0 aliphatic carbocycles. The fourth-order valence-corrected chi connectivity index (χ4v) is 7.14. The standard InChI is InChI=1S/C34H42N4O8/c1-7-20-12-26-34(42)36(4)24-16-30(28(44-6)14-22(24)32(40)38(26)18-20)46-10-8-9-45-29-15-23-21(13-27(29)43-5)31(39)37-17-19(2)11-25(37)33(41)35(23)3/h13-16,19-20,25-26H,7-12,17-18H2,1-6H3. The first-order valence-electron chi connectivity index (χ1n) is 15.9. The van der Waals surface area contributed by atoms with E-state index in [1.807, 2.05) is 6.92 Å². The van der Waals surface area contributed by atoms with E-state index in [0.717, 1.165) is 6.42 Å². The van der Waals surface area contributed by atoms with Gasteiger partial charge in [0.15, 0.2) is 23.0 Å². The number of hydrogen-bond donors (Lipinski definition) is 0. The first kappa shape index (κ1) is 31.5. The molecule has 12 nitrogen and oxygen atoms in total. The van der Waals surface area contributed by atoms with Gasteiger partial charge >= 0.3 is 0 Å². The molecule has 2 saturated heterocycles. The van der Waals surface area contributed by atoms with Gasteiger partial charge in [-0.25, -0.2) is 0 Å². The molecule has 12 heteroatoms. The molecule has 0 bridgehead atoms. The second-order valence-electron chi connectivity index (χ2n) is 12.7. The second kappa shape index (κ2) is 12.4. The van der Waals surface area contributed by atoms with Crippen molar-refractivity contribution in [1.29, 1.82) is 0 Å². The monoisotopic (exact) mass is 634 g/mol. The van der Waals surface area contributed by atoms with Gasteiger partial charge < -0.3 is 38.5 Å². The Morgan fingerprint density at radius 2 is 1.17 bits per heavy atom. The third-order valence-electron chi connectivity index (χ3n) is 9.78. The van der Waals surface area contributed by atoms with Crippen LogP contribution in [0.5, 0.6) is 23.0 Å². The molecule has 4 unspecified atom stereocenters. The molecule has 2 aromatic carbocycles. The summed E-state index contributed by atoms with van der Waals surface area (Å²) in [7, 11) is 6.40. The first-order chi connectivity index (χ1) is 22.1. The van der Waals surface area contributed by atoms with Gasteiger partial charge in [-0.1, -0.05) is 20.3 Å². The highest BCUT2D eigenvalue weighted by Gasteiger charge is 2.45. The Bertz CT molecular complexity index is 1580. The normalized spacial score (nSPS) is 23.9. The van der Waals surface area contributed by atoms with Gasteiger partial charge in [0.2, 0.25) is 11.8 Å². The predicted molar refractivity (Wildman–Crippen MR) is 170 cm³/mol. The Morgan fingerprint density at radius 3 is 1.65 bits per heavy atom. The van der Waals surface area contributed by atoms with Gasteiger partial charge in [0.1, 0.15) is 12.1 Å². The third kappa shape index (κ3) is 5.27. The van der Waals surface area contributed by atoms with Crippen molar-refractivity contribution < 1.29 is 38.1 Å². The van der Waals surface area contributed by atoms with Crippen LogP contribution in [-0.4, -0.2) is 100 Å². The number of methoxy groups -OCH3 is 2. The van der Waals surface area contributed by atoms with Gasteiger partial charge in [-0.15, -0.1) is 0 Å². The van der Waals surface area contributed by atoms with E-state index in [-0.39, 0.29) is 42.8 Å². The number of likely N-dealkylation sites (N-methyl/N-ethyl adjacent to an activating group) is 2. The number of nitrogens with zero attached hydrogens (tertiary/aromatic N) is 4. The SMILES string of the molecule is CCC1CC2C(=O)N(C)c3cc(OCCCOc4cc5c(cc4OC)C(=O)N4CC(C)CC4C(=O)N5C)c(OC)cc3C(=O)N2C1. The summed E-state index contributed by atoms with van der Waals surface area (Å²) in [5.41, 5.74) is 1.79. The number of amides is 4. The van der Waals surface area contributed by atoms with Gasteiger partial charge in [0.05, 0.1) is 49.9 Å². The predicted octanol–water partition coefficient (Wildman–Crippen LogP) is 3.60. The van der Waals surface area contributed by atoms with Crippen molar-refractivity contribution in [2.24, 2.45) is 11.8 Å². The van der Waals surface area contributed by atoms with Crippen LogP contribution in [0.4, 0.5) is 11.4 Å². The molecule has 4 aliphatic heterocycles. The third-order valence-corrected chi connectivity index (χ3v) is 9.78. The Labute approximate surface area is 269 Å². The van der Waals surface area contributed by atoms with Crippen LogP contribution in [-0.2, 0) is 9.59 Å². The van der Waals surface area contributed by atoms with Crippen molar-refractivity contribution in [2.75, 3.05) is 64.4 Å². The largest absolute Gasteiger partial charge is 0.493 e. The molecule has 4 heterocycles. The van der Waals surface area contributed by atoms with Gasteiger partial charge in [-0.3, -0.25) is 19.2 Å². The zero-order chi connectivity index (χ0) is 32.9. The van der Waals surface area contributed by atoms with Crippen molar-refractivity contribution >= 4 is 35.0 Å². The maximum absolute atomic E-state index is 13.5. The summed E-state index contributed by atoms with van der Waals surface area (Å²) in [6.07, 6.45) is 2.69. The second-order valence-corrected chi connectivity index (χ2v) is 12.7. The minimum absolute atomic E-state index is 0.105. The molecular weight excluding hydrogens is 592 g/mol. The Balaban J connectivity index is 1.15. The molecule has 246 valence electrons. The number of benzene rings is 2. The van der Waals surface area contributed by atoms with Crippen LogP contribution in [0.1, 0.15) is 60.2 Å². The van der Waals surface area contributed by atoms with Crippen LogP contribution in [0.2, 0.25) is 0 Å². The van der Waals surface area contributed by atoms with Crippen molar-refractivity contribution in [1.82, 2.24) is 9.80 Å². The summed E-state index contributed by atoms with van der Waals surface area (Å²) >= 11 is 0. The number of hydrogen-bond acceptors (Lipinski definition) is 8. The Morgan fingerprint density at radius 1 is 0.696 bits per heavy atom. The van der Waals surface area contributed by atoms with Crippen LogP contribution < -0.4 is 28.7 Å². The van der Waals surface area contributed by atoms with Crippen LogP contribution in [0.15, 0.2) is 24.3 Å². The van der Waals surface area contributed by atoms with Crippen molar-refractivity contribution in [3.63, 3.8) is 0 Å². The minimum atomic E-state index is -0.473. The Kier molecular flexibility index (Phi) is 8.47. The van der Waals surface area contributed by atoms with E-state index in [4.69, 9.17) is 18.9 Å². The molecule has 0 N–H and O–H groups in total. The molecule has 4 amide bonds. The fourth-order valence-electron chi connectivity index (χ4n) is 7.14. The molecule has 0 saturated carbocycles. The van der Waals surface area contributed by atoms with Gasteiger partial charge in [0, 0.05) is 45.7 Å². The summed E-state index contributed by atoms with van der Waals surface area (Å²) < 4.78 is 23.3. The van der Waals surface area contributed by atoms with Crippen LogP contribution in [0.3, 0.4) is 0 Å². The number of carbonyl (C=O) groups is 4. The van der Waals surface area contributed by atoms with Crippen molar-refractivity contribution in [3.8, 4) is 23.0 Å². The highest BCUT2D eigenvalue weighted by molar-refractivity contribution is 6.12. The minimum Gasteiger partial charge on any atom is -0.493 e. The van der Waals surface area contributed by atoms with Crippen LogP contribution in [0.25, 0.3) is 0 Å². The van der Waals surface area contributed by atoms with E-state index in [2.05, 4.69) is 6.92 Å². The summed E-state index contributed by atoms with van der Waals surface area (Å²) in [6.45, 7) is 5.75. The van der Waals surface area contributed by atoms with Crippen LogP contribution >= 0.6 is 0 Å². The number of ether oxygens (including phenoxy) is 4. The maximum atomic E-state index is 13.5. The number of rotatable bonds is 9. The topological polar surface area (TPSA) is 118 Å². The van der Waals surface area contributed by atoms with E-state index in [0.29, 0.717) is 83.8 Å². The molecule has 0 radical (unpaired) electrons. The molecule has 2 fully saturated rings. The van der Waals surface area contributed by atoms with Gasteiger partial charge in [0.25, 0.3) is 11.8 Å². The summed E-state index contributed by atoms with van der Waals surface area (Å²) in [5.74, 6) is 1.60. The average molecular weight is 635 g/mol. The van der Waals surface area contributed by atoms with Crippen molar-refractivity contribution in [3.05, 3.63) is 35.4 Å². The van der Waals surface area contributed by atoms with Crippen LogP contribution in [0, 0.1) is 11.8 Å². The lowest BCUT2D eigenvalue weighted by molar-refractivity contribution is -0.122. The number of anilines is 2. The number of carbonyl (C=O) groups excluding carboxylic acids is 4. The lowest BCUT2D eigenvalue weighted by Gasteiger charge is -2.22. The Hall–Kier alpha value is -4.48. The molecule has 0 aromatic heterocycles. The maximum Gasteiger partial charge on any atom is 0.256 e. The molecule has 4 atom stereocenters. The van der Waals surface area contributed by atoms with E-state index in [1.54, 1.807) is 53.1 Å². The average Bonchev–Trinajstić information content (AvgIpc) is 3.66. The molecular formula is C34H42N4O8. The van der Waals surface area contributed by atoms with Gasteiger partial charge in [-0.2, -0.15) is 0 Å². The van der Waals surface area contributed by atoms with E-state index in [1.165, 1.54) is 19.1 Å². The zero-order valence-electron chi connectivity index (χ0n) is 27.3. The van der Waals surface area contributed by atoms with E-state index < -0.39 is 12.1 Å². The summed E-state index contributed by atoms with van der Waals surface area (Å²) in [4.78, 5) is 60.1. The smallest absolute Gasteiger partial charge is 0.256 e. The highest BCUT2D eigenvalue weighted by Crippen LogP contribution is 2.42. The molecule has 6 rings (SSSR count). The first-order valence-corrected chi connectivity index (χ1v) is 15.9. The lowest BCUT2D eigenvalue weighted by atomic mass is 10.0. The van der Waals surface area contributed by atoms with Crippen molar-refractivity contribution in [2.45, 2.75) is 51.6 Å². The van der Waals surface area contributed by atoms with E-state index in [9.17, 15) is 19.2 Å². The molecule has 0 spiro atoms. The number of fused-ring (bicyclic) bond motifs is 4. The van der Waals surface area contributed by atoms with E-state index >= 15 is 0 Å². The summed E-state index contributed by atoms with van der Waals surface area (Å²) in [5, 5.41) is 0. The summed E-state index contributed by atoms with van der Waals surface area (Å²) in [6, 6.07) is 5.73.